The summed E-state index contributed by atoms with van der Waals surface area (Å²) in [6, 6.07) is 8.03. The van der Waals surface area contributed by atoms with E-state index in [9.17, 15) is 0 Å². The number of hydrogen-bond donors (Lipinski definition) is 1. The molecule has 0 radical (unpaired) electrons. The summed E-state index contributed by atoms with van der Waals surface area (Å²) in [4.78, 5) is 5.29. The van der Waals surface area contributed by atoms with E-state index < -0.39 is 0 Å². The first-order chi connectivity index (χ1) is 9.33. The first-order valence-electron chi connectivity index (χ1n) is 6.33. The molecule has 1 aliphatic heterocycles. The van der Waals surface area contributed by atoms with Gasteiger partial charge in [-0.1, -0.05) is 12.1 Å². The number of rotatable bonds is 3. The zero-order chi connectivity index (χ0) is 13.1. The molecule has 100 valence electrons. The van der Waals surface area contributed by atoms with Gasteiger partial charge in [-0.3, -0.25) is 0 Å². The van der Waals surface area contributed by atoms with Crippen LogP contribution in [-0.2, 0) is 4.74 Å². The van der Waals surface area contributed by atoms with Crippen molar-refractivity contribution in [1.82, 2.24) is 10.3 Å². The molecule has 2 heterocycles. The van der Waals surface area contributed by atoms with Crippen LogP contribution in [0.1, 0.15) is 16.5 Å². The van der Waals surface area contributed by atoms with E-state index in [4.69, 9.17) is 9.47 Å². The maximum atomic E-state index is 5.80. The van der Waals surface area contributed by atoms with E-state index in [1.807, 2.05) is 25.1 Å². The van der Waals surface area contributed by atoms with Crippen LogP contribution in [0.5, 0.6) is 11.6 Å². The molecular formula is C14H16N2O2S. The summed E-state index contributed by atoms with van der Waals surface area (Å²) in [7, 11) is 0. The van der Waals surface area contributed by atoms with Crippen LogP contribution in [0.15, 0.2) is 29.8 Å². The molecular weight excluding hydrogens is 260 g/mol. The van der Waals surface area contributed by atoms with Crippen LogP contribution in [0.4, 0.5) is 0 Å². The minimum Gasteiger partial charge on any atom is -0.438 e. The summed E-state index contributed by atoms with van der Waals surface area (Å²) in [6.45, 7) is 4.52. The lowest BCUT2D eigenvalue weighted by molar-refractivity contribution is 0.0276. The number of nitrogens with zero attached hydrogens (tertiary/aromatic N) is 1. The first kappa shape index (κ1) is 12.6. The summed E-state index contributed by atoms with van der Waals surface area (Å²) in [5, 5.41) is 3.33. The van der Waals surface area contributed by atoms with Crippen LogP contribution < -0.4 is 10.1 Å². The lowest BCUT2D eigenvalue weighted by Gasteiger charge is -2.24. The Hall–Kier alpha value is -1.43. The minimum absolute atomic E-state index is 0.105. The highest BCUT2D eigenvalue weighted by Crippen LogP contribution is 2.28. The molecule has 1 fully saturated rings. The van der Waals surface area contributed by atoms with Gasteiger partial charge in [0.05, 0.1) is 23.1 Å². The normalized spacial score (nSPS) is 19.3. The molecule has 3 rings (SSSR count). The molecule has 19 heavy (non-hydrogen) atoms. The first-order valence-corrected chi connectivity index (χ1v) is 7.21. The molecule has 0 amide bonds. The smallest absolute Gasteiger partial charge is 0.233 e. The predicted octanol–water partition coefficient (Wildman–Crippen LogP) is 2.90. The van der Waals surface area contributed by atoms with Gasteiger partial charge in [0.2, 0.25) is 5.88 Å². The summed E-state index contributed by atoms with van der Waals surface area (Å²) in [6.07, 6.45) is 0.105. The molecule has 5 heteroatoms. The van der Waals surface area contributed by atoms with Gasteiger partial charge in [0.15, 0.2) is 0 Å². The third-order valence-electron chi connectivity index (χ3n) is 3.07. The van der Waals surface area contributed by atoms with Crippen molar-refractivity contribution >= 4 is 11.3 Å². The molecule has 1 atom stereocenters. The van der Waals surface area contributed by atoms with Crippen molar-refractivity contribution in [3.8, 4) is 11.6 Å². The summed E-state index contributed by atoms with van der Waals surface area (Å²) in [5.74, 6) is 1.49. The number of nitrogens with one attached hydrogen (secondary N) is 1. The zero-order valence-electron chi connectivity index (χ0n) is 10.8. The van der Waals surface area contributed by atoms with Crippen molar-refractivity contribution in [2.75, 3.05) is 19.7 Å². The highest BCUT2D eigenvalue weighted by Gasteiger charge is 2.16. The molecule has 1 N–H and O–H groups in total. The average Bonchev–Trinajstić information content (AvgIpc) is 2.86. The van der Waals surface area contributed by atoms with Gasteiger partial charge < -0.3 is 14.8 Å². The molecule has 0 unspecified atom stereocenters. The van der Waals surface area contributed by atoms with Gasteiger partial charge >= 0.3 is 0 Å². The second kappa shape index (κ2) is 5.69. The largest absolute Gasteiger partial charge is 0.438 e. The topological polar surface area (TPSA) is 43.4 Å². The fraction of sp³-hybridized carbons (Fsp3) is 0.357. The van der Waals surface area contributed by atoms with Crippen LogP contribution >= 0.6 is 11.3 Å². The van der Waals surface area contributed by atoms with Crippen molar-refractivity contribution in [3.63, 3.8) is 0 Å². The predicted molar refractivity (Wildman–Crippen MR) is 74.9 cm³/mol. The van der Waals surface area contributed by atoms with Crippen molar-refractivity contribution in [1.29, 1.82) is 0 Å². The van der Waals surface area contributed by atoms with Gasteiger partial charge in [0.25, 0.3) is 0 Å². The van der Waals surface area contributed by atoms with Gasteiger partial charge in [-0.25, -0.2) is 4.98 Å². The molecule has 4 nitrogen and oxygen atoms in total. The Morgan fingerprint density at radius 1 is 1.47 bits per heavy atom. The Morgan fingerprint density at radius 3 is 3.16 bits per heavy atom. The van der Waals surface area contributed by atoms with Crippen LogP contribution in [0.2, 0.25) is 0 Å². The summed E-state index contributed by atoms with van der Waals surface area (Å²) >= 11 is 1.59. The monoisotopic (exact) mass is 276 g/mol. The number of benzene rings is 1. The number of aryl methyl sites for hydroxylation is 1. The maximum Gasteiger partial charge on any atom is 0.233 e. The number of morpholine rings is 1. The fourth-order valence-corrected chi connectivity index (χ4v) is 2.56. The molecule has 0 spiro atoms. The Bertz CT molecular complexity index is 550. The maximum absolute atomic E-state index is 5.80. The molecule has 0 bridgehead atoms. The highest BCUT2D eigenvalue weighted by atomic mass is 32.1. The minimum atomic E-state index is 0.105. The highest BCUT2D eigenvalue weighted by molar-refractivity contribution is 7.09. The number of hydrogen-bond acceptors (Lipinski definition) is 5. The molecule has 0 saturated carbocycles. The van der Waals surface area contributed by atoms with Crippen molar-refractivity contribution < 1.29 is 9.47 Å². The van der Waals surface area contributed by atoms with Gasteiger partial charge in [-0.05, 0) is 24.6 Å². The van der Waals surface area contributed by atoms with E-state index in [0.29, 0.717) is 5.88 Å². The van der Waals surface area contributed by atoms with E-state index in [2.05, 4.69) is 16.4 Å². The number of thiazole rings is 1. The third-order valence-corrected chi connectivity index (χ3v) is 3.81. The second-order valence-corrected chi connectivity index (χ2v) is 5.51. The van der Waals surface area contributed by atoms with E-state index in [0.717, 1.165) is 35.9 Å². The van der Waals surface area contributed by atoms with Crippen molar-refractivity contribution in [3.05, 3.63) is 40.2 Å². The van der Waals surface area contributed by atoms with E-state index in [1.165, 1.54) is 0 Å². The van der Waals surface area contributed by atoms with Gasteiger partial charge in [0, 0.05) is 13.1 Å². The van der Waals surface area contributed by atoms with Crippen molar-refractivity contribution in [2.45, 2.75) is 13.0 Å². The molecule has 1 saturated heterocycles. The van der Waals surface area contributed by atoms with Gasteiger partial charge in [0.1, 0.15) is 5.75 Å². The van der Waals surface area contributed by atoms with Gasteiger partial charge in [-0.15, -0.1) is 11.3 Å². The van der Waals surface area contributed by atoms with Gasteiger partial charge in [-0.2, -0.15) is 0 Å². The lowest BCUT2D eigenvalue weighted by Crippen LogP contribution is -2.33. The summed E-state index contributed by atoms with van der Waals surface area (Å²) < 4.78 is 11.6. The van der Waals surface area contributed by atoms with E-state index in [-0.39, 0.29) is 6.10 Å². The Balaban J connectivity index is 1.77. The standard InChI is InChI=1S/C14H16N2O2S/c1-10-14(16-9-19-10)18-12-4-2-3-11(7-12)13-8-15-5-6-17-13/h2-4,7,9,13,15H,5-6,8H2,1H3/t13-/m0/s1. The lowest BCUT2D eigenvalue weighted by atomic mass is 10.1. The molecule has 1 aromatic carbocycles. The number of aromatic nitrogens is 1. The zero-order valence-corrected chi connectivity index (χ0v) is 11.6. The molecule has 1 aliphatic rings. The van der Waals surface area contributed by atoms with Crippen molar-refractivity contribution in [2.24, 2.45) is 0 Å². The van der Waals surface area contributed by atoms with Crippen LogP contribution in [0.3, 0.4) is 0 Å². The van der Waals surface area contributed by atoms with Crippen LogP contribution in [-0.4, -0.2) is 24.7 Å². The second-order valence-electron chi connectivity index (χ2n) is 4.45. The Kier molecular flexibility index (Phi) is 3.77. The molecule has 2 aromatic rings. The SMILES string of the molecule is Cc1scnc1Oc1cccc([C@@H]2CNCCO2)c1. The Labute approximate surface area is 116 Å². The quantitative estimate of drug-likeness (QED) is 0.936. The summed E-state index contributed by atoms with van der Waals surface area (Å²) in [5.41, 5.74) is 2.93. The number of ether oxygens (including phenoxy) is 2. The molecule has 0 aliphatic carbocycles. The van der Waals surface area contributed by atoms with Crippen LogP contribution in [0, 0.1) is 6.92 Å². The fourth-order valence-electron chi connectivity index (χ4n) is 2.06. The van der Waals surface area contributed by atoms with E-state index in [1.54, 1.807) is 16.8 Å². The van der Waals surface area contributed by atoms with Crippen LogP contribution in [0.25, 0.3) is 0 Å². The average molecular weight is 276 g/mol. The third kappa shape index (κ3) is 2.94. The Morgan fingerprint density at radius 2 is 2.42 bits per heavy atom. The molecule has 1 aromatic heterocycles. The van der Waals surface area contributed by atoms with E-state index >= 15 is 0 Å².